The van der Waals surface area contributed by atoms with Gasteiger partial charge in [0.2, 0.25) is 0 Å². The second-order valence-electron chi connectivity index (χ2n) is 6.86. The maximum Gasteiger partial charge on any atom is 0.416 e. The van der Waals surface area contributed by atoms with Crippen molar-refractivity contribution in [3.8, 4) is 11.1 Å². The summed E-state index contributed by atoms with van der Waals surface area (Å²) in [5, 5.41) is 11.1. The number of aliphatic hydroxyl groups is 1. The van der Waals surface area contributed by atoms with E-state index in [1.165, 1.54) is 42.6 Å². The van der Waals surface area contributed by atoms with E-state index < -0.39 is 34.5 Å². The van der Waals surface area contributed by atoms with Crippen LogP contribution < -0.4 is 11.4 Å². The third-order valence-electron chi connectivity index (χ3n) is 5.00. The SMILES string of the molecule is NC(=O)C(O)(c1ccccc1)c1ccc(-c2ccnc3[nH]c(=O)[nH]c23)cc1C(F)(F)F. The van der Waals surface area contributed by atoms with Crippen LogP contribution in [-0.4, -0.2) is 26.0 Å². The summed E-state index contributed by atoms with van der Waals surface area (Å²) in [5.41, 5.74) is 0.844. The largest absolute Gasteiger partial charge is 0.416 e. The predicted molar refractivity (Wildman–Crippen MR) is 106 cm³/mol. The molecule has 0 aliphatic heterocycles. The number of amides is 1. The van der Waals surface area contributed by atoms with Crippen LogP contribution in [0.5, 0.6) is 0 Å². The zero-order valence-electron chi connectivity index (χ0n) is 15.7. The summed E-state index contributed by atoms with van der Waals surface area (Å²) in [6.45, 7) is 0. The van der Waals surface area contributed by atoms with Crippen molar-refractivity contribution in [1.29, 1.82) is 0 Å². The molecule has 4 rings (SSSR count). The number of nitrogens with one attached hydrogen (secondary N) is 2. The number of carbonyl (C=O) groups is 1. The van der Waals surface area contributed by atoms with Crippen LogP contribution in [-0.2, 0) is 16.6 Å². The molecule has 5 N–H and O–H groups in total. The number of rotatable bonds is 4. The molecule has 2 aromatic carbocycles. The number of hydrogen-bond donors (Lipinski definition) is 4. The van der Waals surface area contributed by atoms with Crippen molar-refractivity contribution >= 4 is 17.1 Å². The Morgan fingerprint density at radius 1 is 1.00 bits per heavy atom. The Morgan fingerprint density at radius 2 is 1.71 bits per heavy atom. The molecule has 0 fully saturated rings. The van der Waals surface area contributed by atoms with E-state index in [0.29, 0.717) is 0 Å². The molecule has 2 aromatic heterocycles. The van der Waals surface area contributed by atoms with Gasteiger partial charge in [-0.25, -0.2) is 9.78 Å². The Bertz CT molecular complexity index is 1350. The van der Waals surface area contributed by atoms with Crippen LogP contribution in [0.3, 0.4) is 0 Å². The number of aromatic amines is 2. The lowest BCUT2D eigenvalue weighted by Gasteiger charge is -2.29. The Hall–Kier alpha value is -3.92. The first kappa shape index (κ1) is 20.4. The molecule has 2 heterocycles. The third kappa shape index (κ3) is 3.36. The van der Waals surface area contributed by atoms with Crippen molar-refractivity contribution in [2.45, 2.75) is 11.8 Å². The molecule has 0 spiro atoms. The Labute approximate surface area is 172 Å². The number of hydrogen-bond acceptors (Lipinski definition) is 4. The number of fused-ring (bicyclic) bond motifs is 1. The van der Waals surface area contributed by atoms with Gasteiger partial charge in [0, 0.05) is 17.3 Å². The molecule has 7 nitrogen and oxygen atoms in total. The lowest BCUT2D eigenvalue weighted by Crippen LogP contribution is -2.43. The molecule has 1 amide bonds. The normalized spacial score (nSPS) is 13.8. The second-order valence-corrected chi connectivity index (χ2v) is 6.86. The van der Waals surface area contributed by atoms with Crippen molar-refractivity contribution in [1.82, 2.24) is 15.0 Å². The maximum atomic E-state index is 14.0. The number of benzene rings is 2. The average Bonchev–Trinajstić information content (AvgIpc) is 3.12. The summed E-state index contributed by atoms with van der Waals surface area (Å²) in [7, 11) is 0. The van der Waals surface area contributed by atoms with Crippen LogP contribution in [0.4, 0.5) is 13.2 Å². The van der Waals surface area contributed by atoms with E-state index in [9.17, 15) is 27.9 Å². The molecule has 0 aliphatic rings. The number of carbonyl (C=O) groups excluding carboxylic acids is 1. The summed E-state index contributed by atoms with van der Waals surface area (Å²) in [6.07, 6.45) is -3.58. The molecule has 0 bridgehead atoms. The number of alkyl halides is 3. The fourth-order valence-corrected chi connectivity index (χ4v) is 3.55. The molecular formula is C21H15F3N4O3. The number of primary amides is 1. The number of imidazole rings is 1. The van der Waals surface area contributed by atoms with Gasteiger partial charge in [0.1, 0.15) is 0 Å². The van der Waals surface area contributed by atoms with Gasteiger partial charge < -0.3 is 15.8 Å². The van der Waals surface area contributed by atoms with Gasteiger partial charge in [-0.05, 0) is 23.3 Å². The van der Waals surface area contributed by atoms with E-state index in [2.05, 4.69) is 15.0 Å². The quantitative estimate of drug-likeness (QED) is 0.399. The van der Waals surface area contributed by atoms with Gasteiger partial charge in [0.05, 0.1) is 11.1 Å². The van der Waals surface area contributed by atoms with Crippen molar-refractivity contribution in [2.24, 2.45) is 5.73 Å². The zero-order chi connectivity index (χ0) is 22.4. The van der Waals surface area contributed by atoms with Crippen LogP contribution in [0.25, 0.3) is 22.3 Å². The van der Waals surface area contributed by atoms with Crippen LogP contribution >= 0.6 is 0 Å². The van der Waals surface area contributed by atoms with Crippen molar-refractivity contribution in [2.75, 3.05) is 0 Å². The van der Waals surface area contributed by atoms with Crippen molar-refractivity contribution < 1.29 is 23.1 Å². The predicted octanol–water partition coefficient (Wildman–Crippen LogP) is 2.66. The van der Waals surface area contributed by atoms with Crippen molar-refractivity contribution in [3.63, 3.8) is 0 Å². The van der Waals surface area contributed by atoms with E-state index in [1.54, 1.807) is 6.07 Å². The number of nitrogens with zero attached hydrogens (tertiary/aromatic N) is 1. The Balaban J connectivity index is 1.99. The fraction of sp³-hybridized carbons (Fsp3) is 0.0952. The van der Waals surface area contributed by atoms with E-state index in [1.807, 2.05) is 0 Å². The minimum atomic E-state index is -4.92. The summed E-state index contributed by atoms with van der Waals surface area (Å²) in [4.78, 5) is 32.7. The van der Waals surface area contributed by atoms with Gasteiger partial charge in [0.25, 0.3) is 5.91 Å². The van der Waals surface area contributed by atoms with Gasteiger partial charge in [0.15, 0.2) is 11.2 Å². The topological polar surface area (TPSA) is 125 Å². The Morgan fingerprint density at radius 3 is 2.35 bits per heavy atom. The maximum absolute atomic E-state index is 14.0. The minimum absolute atomic E-state index is 0.0954. The first-order chi connectivity index (χ1) is 14.6. The van der Waals surface area contributed by atoms with Gasteiger partial charge in [-0.1, -0.05) is 42.5 Å². The molecule has 4 aromatic rings. The van der Waals surface area contributed by atoms with Gasteiger partial charge >= 0.3 is 11.9 Å². The average molecular weight is 428 g/mol. The van der Waals surface area contributed by atoms with E-state index in [0.717, 1.165) is 12.1 Å². The van der Waals surface area contributed by atoms with E-state index in [-0.39, 0.29) is 27.9 Å². The summed E-state index contributed by atoms with van der Waals surface area (Å²) in [6, 6.07) is 11.7. The summed E-state index contributed by atoms with van der Waals surface area (Å²) < 4.78 is 42.1. The van der Waals surface area contributed by atoms with Crippen LogP contribution in [0, 0.1) is 0 Å². The van der Waals surface area contributed by atoms with Crippen LogP contribution in [0.1, 0.15) is 16.7 Å². The van der Waals surface area contributed by atoms with Crippen LogP contribution in [0.2, 0.25) is 0 Å². The smallest absolute Gasteiger partial charge is 0.372 e. The fourth-order valence-electron chi connectivity index (χ4n) is 3.55. The Kier molecular flexibility index (Phi) is 4.66. The van der Waals surface area contributed by atoms with E-state index >= 15 is 0 Å². The lowest BCUT2D eigenvalue weighted by molar-refractivity contribution is -0.143. The van der Waals surface area contributed by atoms with E-state index in [4.69, 9.17) is 5.73 Å². The highest BCUT2D eigenvalue weighted by Gasteiger charge is 2.45. The first-order valence-electron chi connectivity index (χ1n) is 8.99. The van der Waals surface area contributed by atoms with Crippen molar-refractivity contribution in [3.05, 3.63) is 88.0 Å². The van der Waals surface area contributed by atoms with Crippen LogP contribution in [0.15, 0.2) is 65.6 Å². The molecule has 158 valence electrons. The number of H-pyrrole nitrogens is 2. The highest BCUT2D eigenvalue weighted by atomic mass is 19.4. The lowest BCUT2D eigenvalue weighted by atomic mass is 9.81. The molecule has 0 saturated heterocycles. The highest BCUT2D eigenvalue weighted by Crippen LogP contribution is 2.42. The highest BCUT2D eigenvalue weighted by molar-refractivity contribution is 5.91. The number of aromatic nitrogens is 3. The third-order valence-corrected chi connectivity index (χ3v) is 5.00. The molecule has 0 radical (unpaired) electrons. The van der Waals surface area contributed by atoms with Gasteiger partial charge in [-0.3, -0.25) is 9.78 Å². The zero-order valence-corrected chi connectivity index (χ0v) is 15.7. The molecule has 0 saturated carbocycles. The van der Waals surface area contributed by atoms with Gasteiger partial charge in [-0.2, -0.15) is 13.2 Å². The molecule has 1 unspecified atom stereocenters. The molecule has 1 atom stereocenters. The van der Waals surface area contributed by atoms with Gasteiger partial charge in [-0.15, -0.1) is 0 Å². The molecule has 0 aliphatic carbocycles. The standard InChI is InChI=1S/C21H15F3N4O3/c22-21(23,24)15-10-11(13-8-9-26-17-16(13)27-19(30)28-17)6-7-14(15)20(31,18(25)29)12-4-2-1-3-5-12/h1-10,31H,(H2,25,29)(H2,26,27,28,30). The molecule has 31 heavy (non-hydrogen) atoms. The molecule has 10 heteroatoms. The minimum Gasteiger partial charge on any atom is -0.372 e. The first-order valence-corrected chi connectivity index (χ1v) is 8.99. The number of nitrogens with two attached hydrogens (primary N) is 1. The number of pyridine rings is 1. The number of halogens is 3. The summed E-state index contributed by atoms with van der Waals surface area (Å²) >= 11 is 0. The second kappa shape index (κ2) is 7.10. The monoisotopic (exact) mass is 428 g/mol. The summed E-state index contributed by atoms with van der Waals surface area (Å²) in [5.74, 6) is -1.35. The molecular weight excluding hydrogens is 413 g/mol.